The Balaban J connectivity index is 1.24. The Hall–Kier alpha value is -2.71. The Morgan fingerprint density at radius 3 is 2.62 bits per heavy atom. The summed E-state index contributed by atoms with van der Waals surface area (Å²) in [5.41, 5.74) is 1.29. The van der Waals surface area contributed by atoms with Gasteiger partial charge in [0.15, 0.2) is 0 Å². The molecular formula is C21H20N6S2. The highest BCUT2D eigenvalue weighted by Crippen LogP contribution is 2.28. The lowest BCUT2D eigenvalue weighted by Crippen LogP contribution is -2.47. The minimum Gasteiger partial charge on any atom is -0.352 e. The molecule has 146 valence electrons. The molecule has 29 heavy (non-hydrogen) atoms. The maximum atomic E-state index is 4.83. The topological polar surface area (TPSA) is 58.0 Å². The van der Waals surface area contributed by atoms with Crippen LogP contribution in [0.1, 0.15) is 5.56 Å². The Bertz CT molecular complexity index is 1090. The van der Waals surface area contributed by atoms with Crippen LogP contribution < -0.4 is 9.80 Å². The van der Waals surface area contributed by atoms with Crippen LogP contribution in [0.25, 0.3) is 10.2 Å². The lowest BCUT2D eigenvalue weighted by Gasteiger charge is -2.36. The van der Waals surface area contributed by atoms with Gasteiger partial charge in [-0.25, -0.2) is 15.0 Å². The Labute approximate surface area is 177 Å². The van der Waals surface area contributed by atoms with E-state index in [0.717, 1.165) is 58.8 Å². The fraction of sp³-hybridized carbons (Fsp3) is 0.238. The summed E-state index contributed by atoms with van der Waals surface area (Å²) in [7, 11) is 0. The first-order valence-corrected chi connectivity index (χ1v) is 11.4. The van der Waals surface area contributed by atoms with Gasteiger partial charge >= 0.3 is 0 Å². The van der Waals surface area contributed by atoms with Crippen molar-refractivity contribution in [1.29, 1.82) is 0 Å². The van der Waals surface area contributed by atoms with E-state index in [0.29, 0.717) is 0 Å². The van der Waals surface area contributed by atoms with Gasteiger partial charge in [-0.3, -0.25) is 4.98 Å². The molecule has 1 aliphatic heterocycles. The highest BCUT2D eigenvalue weighted by molar-refractivity contribution is 7.98. The number of hydrogen-bond acceptors (Lipinski definition) is 8. The van der Waals surface area contributed by atoms with Crippen LogP contribution in [-0.2, 0) is 5.75 Å². The highest BCUT2D eigenvalue weighted by Gasteiger charge is 2.21. The highest BCUT2D eigenvalue weighted by atomic mass is 32.2. The van der Waals surface area contributed by atoms with Gasteiger partial charge in [-0.2, -0.15) is 0 Å². The van der Waals surface area contributed by atoms with Crippen LogP contribution in [0, 0.1) is 0 Å². The molecule has 0 bridgehead atoms. The molecule has 0 amide bonds. The van der Waals surface area contributed by atoms with Crippen LogP contribution in [-0.4, -0.2) is 46.1 Å². The second-order valence-electron chi connectivity index (χ2n) is 6.80. The SMILES string of the molecule is c1ccc(CSc2cncc(N3CCN(c4ncnc5sccc45)CC3)n2)cc1. The van der Waals surface area contributed by atoms with Crippen molar-refractivity contribution in [2.24, 2.45) is 0 Å². The van der Waals surface area contributed by atoms with Crippen molar-refractivity contribution in [2.45, 2.75) is 10.8 Å². The van der Waals surface area contributed by atoms with Crippen LogP contribution in [0.2, 0.25) is 0 Å². The average molecular weight is 421 g/mol. The van der Waals surface area contributed by atoms with E-state index in [2.05, 4.69) is 60.5 Å². The van der Waals surface area contributed by atoms with Crippen LogP contribution >= 0.6 is 23.1 Å². The standard InChI is InChI=1S/C21H20N6S2/c1-2-4-16(5-3-1)14-29-19-13-22-12-18(25-19)26-7-9-27(10-8-26)20-17-6-11-28-21(17)24-15-23-20/h1-6,11-13,15H,7-10,14H2. The molecule has 0 radical (unpaired) electrons. The smallest absolute Gasteiger partial charge is 0.148 e. The van der Waals surface area contributed by atoms with Crippen molar-refractivity contribution >= 4 is 45.0 Å². The maximum Gasteiger partial charge on any atom is 0.148 e. The zero-order valence-corrected chi connectivity index (χ0v) is 17.4. The van der Waals surface area contributed by atoms with Crippen LogP contribution in [0.5, 0.6) is 0 Å². The molecule has 0 aliphatic carbocycles. The van der Waals surface area contributed by atoms with E-state index in [-0.39, 0.29) is 0 Å². The van der Waals surface area contributed by atoms with Gasteiger partial charge in [-0.05, 0) is 17.0 Å². The number of anilines is 2. The van der Waals surface area contributed by atoms with Crippen molar-refractivity contribution in [3.63, 3.8) is 0 Å². The minimum atomic E-state index is 0.900. The number of rotatable bonds is 5. The van der Waals surface area contributed by atoms with Gasteiger partial charge in [0.1, 0.15) is 27.8 Å². The lowest BCUT2D eigenvalue weighted by atomic mass is 10.2. The molecule has 1 saturated heterocycles. The van der Waals surface area contributed by atoms with Crippen molar-refractivity contribution in [3.05, 3.63) is 66.1 Å². The number of aromatic nitrogens is 4. The van der Waals surface area contributed by atoms with Crippen LogP contribution in [0.3, 0.4) is 0 Å². The Kier molecular flexibility index (Phi) is 5.27. The first kappa shape index (κ1) is 18.3. The zero-order chi connectivity index (χ0) is 19.5. The van der Waals surface area contributed by atoms with E-state index >= 15 is 0 Å². The monoisotopic (exact) mass is 420 g/mol. The lowest BCUT2D eigenvalue weighted by molar-refractivity contribution is 0.639. The zero-order valence-electron chi connectivity index (χ0n) is 15.8. The molecule has 3 aromatic heterocycles. The van der Waals surface area contributed by atoms with Crippen molar-refractivity contribution in [2.75, 3.05) is 36.0 Å². The fourth-order valence-corrected chi connectivity index (χ4v) is 5.00. The number of benzene rings is 1. The van der Waals surface area contributed by atoms with Crippen molar-refractivity contribution in [3.8, 4) is 0 Å². The summed E-state index contributed by atoms with van der Waals surface area (Å²) in [6, 6.07) is 12.6. The molecule has 6 nitrogen and oxygen atoms in total. The van der Waals surface area contributed by atoms with Gasteiger partial charge in [-0.15, -0.1) is 23.1 Å². The van der Waals surface area contributed by atoms with Gasteiger partial charge in [0.2, 0.25) is 0 Å². The number of thioether (sulfide) groups is 1. The number of piperazine rings is 1. The third-order valence-electron chi connectivity index (χ3n) is 4.97. The van der Waals surface area contributed by atoms with Gasteiger partial charge in [0.25, 0.3) is 0 Å². The summed E-state index contributed by atoms with van der Waals surface area (Å²) < 4.78 is 0. The molecule has 4 heterocycles. The molecule has 0 atom stereocenters. The summed E-state index contributed by atoms with van der Waals surface area (Å²) in [4.78, 5) is 23.9. The molecule has 0 saturated carbocycles. The maximum absolute atomic E-state index is 4.83. The summed E-state index contributed by atoms with van der Waals surface area (Å²) in [6.45, 7) is 3.62. The second kappa shape index (κ2) is 8.34. The van der Waals surface area contributed by atoms with Crippen LogP contribution in [0.15, 0.2) is 65.5 Å². The number of nitrogens with zero attached hydrogens (tertiary/aromatic N) is 6. The third kappa shape index (κ3) is 4.04. The van der Waals surface area contributed by atoms with E-state index in [1.165, 1.54) is 5.56 Å². The summed E-state index contributed by atoms with van der Waals surface area (Å²) in [6.07, 6.45) is 5.38. The van der Waals surface area contributed by atoms with E-state index < -0.39 is 0 Å². The third-order valence-corrected chi connectivity index (χ3v) is 6.76. The number of fused-ring (bicyclic) bond motifs is 1. The van der Waals surface area contributed by atoms with Gasteiger partial charge in [0, 0.05) is 31.9 Å². The minimum absolute atomic E-state index is 0.900. The molecule has 0 N–H and O–H groups in total. The summed E-state index contributed by atoms with van der Waals surface area (Å²) in [5, 5.41) is 4.18. The average Bonchev–Trinajstić information content (AvgIpc) is 3.28. The number of thiophene rings is 1. The first-order chi connectivity index (χ1) is 14.4. The molecule has 5 rings (SSSR count). The Morgan fingerprint density at radius 2 is 1.76 bits per heavy atom. The summed E-state index contributed by atoms with van der Waals surface area (Å²) >= 11 is 3.38. The van der Waals surface area contributed by atoms with Gasteiger partial charge < -0.3 is 9.80 Å². The van der Waals surface area contributed by atoms with E-state index in [1.54, 1.807) is 29.4 Å². The predicted octanol–water partition coefficient (Wildman–Crippen LogP) is 4.10. The normalized spacial score (nSPS) is 14.5. The number of hydrogen-bond donors (Lipinski definition) is 0. The van der Waals surface area contributed by atoms with Crippen molar-refractivity contribution < 1.29 is 0 Å². The molecule has 8 heteroatoms. The molecule has 1 fully saturated rings. The molecular weight excluding hydrogens is 400 g/mol. The molecule has 4 aromatic rings. The molecule has 1 aromatic carbocycles. The van der Waals surface area contributed by atoms with Gasteiger partial charge in [-0.1, -0.05) is 30.3 Å². The largest absolute Gasteiger partial charge is 0.352 e. The second-order valence-corrected chi connectivity index (χ2v) is 8.69. The van der Waals surface area contributed by atoms with Crippen LogP contribution in [0.4, 0.5) is 11.6 Å². The predicted molar refractivity (Wildman–Crippen MR) is 120 cm³/mol. The van der Waals surface area contributed by atoms with Gasteiger partial charge in [0.05, 0.1) is 17.8 Å². The van der Waals surface area contributed by atoms with E-state index in [9.17, 15) is 0 Å². The summed E-state index contributed by atoms with van der Waals surface area (Å²) in [5.74, 6) is 2.89. The molecule has 1 aliphatic rings. The van der Waals surface area contributed by atoms with Crippen molar-refractivity contribution in [1.82, 2.24) is 19.9 Å². The van der Waals surface area contributed by atoms with E-state index in [1.807, 2.05) is 18.5 Å². The molecule has 0 unspecified atom stereocenters. The first-order valence-electron chi connectivity index (χ1n) is 9.54. The fourth-order valence-electron chi connectivity index (χ4n) is 3.47. The molecule has 0 spiro atoms. The van der Waals surface area contributed by atoms with E-state index in [4.69, 9.17) is 4.98 Å². The Morgan fingerprint density at radius 1 is 0.931 bits per heavy atom. The quantitative estimate of drug-likeness (QED) is 0.451.